The molecule has 0 bridgehead atoms. The Bertz CT molecular complexity index is 557. The van der Waals surface area contributed by atoms with Gasteiger partial charge in [-0.2, -0.15) is 0 Å². The number of rotatable bonds is 4. The number of benzene rings is 2. The van der Waals surface area contributed by atoms with Gasteiger partial charge in [0.25, 0.3) is 0 Å². The maximum Gasteiger partial charge on any atom is 0.123 e. The zero-order valence-electron chi connectivity index (χ0n) is 10.5. The van der Waals surface area contributed by atoms with Gasteiger partial charge in [0.2, 0.25) is 0 Å². The minimum absolute atomic E-state index is 0.110. The first-order valence-corrected chi connectivity index (χ1v) is 7.22. The third kappa shape index (κ3) is 3.56. The molecule has 0 amide bonds. The number of hydrogen-bond acceptors (Lipinski definition) is 1. The van der Waals surface area contributed by atoms with E-state index in [1.165, 1.54) is 12.1 Å². The molecule has 1 atom stereocenters. The van der Waals surface area contributed by atoms with Crippen LogP contribution in [0.5, 0.6) is 0 Å². The van der Waals surface area contributed by atoms with Gasteiger partial charge in [0.05, 0.1) is 6.04 Å². The van der Waals surface area contributed by atoms with Crippen LogP contribution in [0.2, 0.25) is 5.02 Å². The molecule has 0 spiro atoms. The number of nitrogens with one attached hydrogen (secondary N) is 1. The second-order valence-corrected chi connectivity index (χ2v) is 5.53. The minimum Gasteiger partial charge on any atom is -0.306 e. The molecule has 0 aliphatic heterocycles. The van der Waals surface area contributed by atoms with Gasteiger partial charge in [-0.3, -0.25) is 0 Å². The molecule has 0 aliphatic carbocycles. The molecule has 2 rings (SSSR count). The van der Waals surface area contributed by atoms with Crippen LogP contribution in [-0.4, -0.2) is 6.54 Å². The van der Waals surface area contributed by atoms with Crippen molar-refractivity contribution in [3.05, 3.63) is 68.9 Å². The van der Waals surface area contributed by atoms with Crippen molar-refractivity contribution >= 4 is 27.5 Å². The van der Waals surface area contributed by atoms with Crippen LogP contribution in [0.25, 0.3) is 0 Å². The first-order valence-electron chi connectivity index (χ1n) is 6.05. The lowest BCUT2D eigenvalue weighted by molar-refractivity contribution is 0.603. The largest absolute Gasteiger partial charge is 0.306 e. The molecule has 0 radical (unpaired) electrons. The van der Waals surface area contributed by atoms with Crippen LogP contribution >= 0.6 is 27.5 Å². The summed E-state index contributed by atoms with van der Waals surface area (Å²) in [5, 5.41) is 3.90. The highest BCUT2D eigenvalue weighted by Crippen LogP contribution is 2.29. The molecule has 0 saturated heterocycles. The van der Waals surface area contributed by atoms with E-state index in [0.717, 1.165) is 22.1 Å². The molecule has 0 fully saturated rings. The summed E-state index contributed by atoms with van der Waals surface area (Å²) < 4.78 is 14.4. The zero-order valence-corrected chi connectivity index (χ0v) is 12.8. The van der Waals surface area contributed by atoms with Gasteiger partial charge >= 0.3 is 0 Å². The molecular weight excluding hydrogens is 329 g/mol. The lowest BCUT2D eigenvalue weighted by atomic mass is 9.98. The maximum absolute atomic E-state index is 13.4. The predicted molar refractivity (Wildman–Crippen MR) is 81.1 cm³/mol. The average Bonchev–Trinajstić information content (AvgIpc) is 2.40. The fraction of sp³-hybridized carbons (Fsp3) is 0.200. The molecule has 0 aliphatic rings. The van der Waals surface area contributed by atoms with Crippen molar-refractivity contribution in [3.63, 3.8) is 0 Å². The fourth-order valence-electron chi connectivity index (χ4n) is 2.00. The zero-order chi connectivity index (χ0) is 13.8. The Balaban J connectivity index is 2.44. The van der Waals surface area contributed by atoms with Gasteiger partial charge in [-0.05, 0) is 48.0 Å². The lowest BCUT2D eigenvalue weighted by Crippen LogP contribution is -2.22. The van der Waals surface area contributed by atoms with Crippen LogP contribution < -0.4 is 5.32 Å². The molecule has 100 valence electrons. The Labute approximate surface area is 125 Å². The molecule has 0 aromatic heterocycles. The quantitative estimate of drug-likeness (QED) is 0.830. The van der Waals surface area contributed by atoms with E-state index in [-0.39, 0.29) is 11.9 Å². The summed E-state index contributed by atoms with van der Waals surface area (Å²) in [5.74, 6) is -0.278. The summed E-state index contributed by atoms with van der Waals surface area (Å²) in [7, 11) is 0. The molecule has 1 nitrogen and oxygen atoms in total. The summed E-state index contributed by atoms with van der Waals surface area (Å²) in [6.45, 7) is 2.78. The van der Waals surface area contributed by atoms with Crippen molar-refractivity contribution in [2.45, 2.75) is 13.0 Å². The molecule has 1 N–H and O–H groups in total. The summed E-state index contributed by atoms with van der Waals surface area (Å²) in [6.07, 6.45) is 0. The van der Waals surface area contributed by atoms with Crippen molar-refractivity contribution in [2.24, 2.45) is 0 Å². The predicted octanol–water partition coefficient (Wildman–Crippen LogP) is 4.94. The van der Waals surface area contributed by atoms with Crippen LogP contribution in [0.4, 0.5) is 4.39 Å². The molecule has 2 aromatic carbocycles. The van der Waals surface area contributed by atoms with Crippen molar-refractivity contribution < 1.29 is 4.39 Å². The van der Waals surface area contributed by atoms with E-state index in [2.05, 4.69) is 21.2 Å². The molecule has 2 aromatic rings. The van der Waals surface area contributed by atoms with Crippen molar-refractivity contribution in [2.75, 3.05) is 6.54 Å². The van der Waals surface area contributed by atoms with E-state index in [0.29, 0.717) is 5.02 Å². The molecule has 0 heterocycles. The van der Waals surface area contributed by atoms with Crippen LogP contribution in [0.1, 0.15) is 24.1 Å². The third-order valence-electron chi connectivity index (χ3n) is 2.88. The van der Waals surface area contributed by atoms with Gasteiger partial charge in [-0.15, -0.1) is 0 Å². The van der Waals surface area contributed by atoms with Crippen LogP contribution in [0.15, 0.2) is 46.9 Å². The molecular formula is C15H14BrClFN. The Morgan fingerprint density at radius 2 is 1.89 bits per heavy atom. The highest BCUT2D eigenvalue weighted by Gasteiger charge is 2.16. The summed E-state index contributed by atoms with van der Waals surface area (Å²) in [4.78, 5) is 0. The van der Waals surface area contributed by atoms with Crippen LogP contribution in [0.3, 0.4) is 0 Å². The standard InChI is InChI=1S/C15H14BrClFN/c1-2-19-15(10-3-5-11(16)6-4-10)13-9-12(18)7-8-14(13)17/h3-9,15,19H,2H2,1H3. The van der Waals surface area contributed by atoms with Gasteiger partial charge in [-0.1, -0.05) is 46.6 Å². The lowest BCUT2D eigenvalue weighted by Gasteiger charge is -2.20. The Morgan fingerprint density at radius 1 is 1.21 bits per heavy atom. The molecule has 1 unspecified atom stereocenters. The van der Waals surface area contributed by atoms with E-state index >= 15 is 0 Å². The topological polar surface area (TPSA) is 12.0 Å². The van der Waals surface area contributed by atoms with Gasteiger partial charge in [0.15, 0.2) is 0 Å². The number of hydrogen-bond donors (Lipinski definition) is 1. The van der Waals surface area contributed by atoms with E-state index in [1.54, 1.807) is 6.07 Å². The van der Waals surface area contributed by atoms with Gasteiger partial charge in [0.1, 0.15) is 5.82 Å². The normalized spacial score (nSPS) is 12.4. The number of halogens is 3. The highest BCUT2D eigenvalue weighted by molar-refractivity contribution is 9.10. The fourth-order valence-corrected chi connectivity index (χ4v) is 2.49. The summed E-state index contributed by atoms with van der Waals surface area (Å²) in [6, 6.07) is 12.3. The van der Waals surface area contributed by atoms with Crippen molar-refractivity contribution in [3.8, 4) is 0 Å². The second kappa shape index (κ2) is 6.51. The first-order chi connectivity index (χ1) is 9.11. The summed E-state index contributed by atoms with van der Waals surface area (Å²) in [5.41, 5.74) is 1.81. The maximum atomic E-state index is 13.4. The highest BCUT2D eigenvalue weighted by atomic mass is 79.9. The smallest absolute Gasteiger partial charge is 0.123 e. The average molecular weight is 343 g/mol. The molecule has 0 saturated carbocycles. The van der Waals surface area contributed by atoms with Gasteiger partial charge in [-0.25, -0.2) is 4.39 Å². The van der Waals surface area contributed by atoms with Crippen molar-refractivity contribution in [1.82, 2.24) is 5.32 Å². The van der Waals surface area contributed by atoms with E-state index in [4.69, 9.17) is 11.6 Å². The van der Waals surface area contributed by atoms with E-state index in [9.17, 15) is 4.39 Å². The summed E-state index contributed by atoms with van der Waals surface area (Å²) >= 11 is 9.60. The Morgan fingerprint density at radius 3 is 2.53 bits per heavy atom. The van der Waals surface area contributed by atoms with Crippen LogP contribution in [0, 0.1) is 5.82 Å². The monoisotopic (exact) mass is 341 g/mol. The Kier molecular flexibility index (Phi) is 4.97. The molecule has 19 heavy (non-hydrogen) atoms. The third-order valence-corrected chi connectivity index (χ3v) is 3.75. The van der Waals surface area contributed by atoms with Gasteiger partial charge < -0.3 is 5.32 Å². The SMILES string of the molecule is CCNC(c1ccc(Br)cc1)c1cc(F)ccc1Cl. The van der Waals surface area contributed by atoms with Crippen LogP contribution in [-0.2, 0) is 0 Å². The first kappa shape index (κ1) is 14.5. The minimum atomic E-state index is -0.278. The van der Waals surface area contributed by atoms with E-state index in [1.807, 2.05) is 31.2 Å². The molecule has 4 heteroatoms. The second-order valence-electron chi connectivity index (χ2n) is 4.21. The van der Waals surface area contributed by atoms with Gasteiger partial charge in [0, 0.05) is 9.50 Å². The van der Waals surface area contributed by atoms with Crippen molar-refractivity contribution in [1.29, 1.82) is 0 Å². The van der Waals surface area contributed by atoms with E-state index < -0.39 is 0 Å². The Hall–Kier alpha value is -0.900.